The van der Waals surface area contributed by atoms with Gasteiger partial charge >= 0.3 is 0 Å². The fraction of sp³-hybridized carbons (Fsp3) is 0.500. The molecule has 0 aliphatic carbocycles. The number of carbonyl (C=O) groups excluding carboxylic acids is 2. The van der Waals surface area contributed by atoms with E-state index < -0.39 is 6.04 Å². The molecular formula is C12H14N2O3S. The summed E-state index contributed by atoms with van der Waals surface area (Å²) in [5.74, 6) is 1.86. The number of hydrogen-bond acceptors (Lipinski definition) is 6. The number of thioether (sulfide) groups is 1. The molecule has 1 fully saturated rings. The van der Waals surface area contributed by atoms with Crippen LogP contribution < -0.4 is 0 Å². The second-order valence-corrected chi connectivity index (χ2v) is 5.10. The van der Waals surface area contributed by atoms with Crippen molar-refractivity contribution < 1.29 is 14.4 Å². The maximum Gasteiger partial charge on any atom is 0.186 e. The Morgan fingerprint density at radius 2 is 2.50 bits per heavy atom. The summed E-state index contributed by atoms with van der Waals surface area (Å²) in [7, 11) is 0. The summed E-state index contributed by atoms with van der Waals surface area (Å²) in [6.45, 7) is 5.68. The summed E-state index contributed by atoms with van der Waals surface area (Å²) < 4.78 is 0. The SMILES string of the molecule is C=CCON1C[C@@H](SC(C)=O)C(=C=O)[C@H]1CC#N. The maximum atomic E-state index is 11.1. The average molecular weight is 266 g/mol. The third-order valence-electron chi connectivity index (χ3n) is 2.47. The van der Waals surface area contributed by atoms with E-state index in [0.717, 1.165) is 11.8 Å². The molecule has 0 aromatic rings. The Bertz CT molecular complexity index is 424. The maximum absolute atomic E-state index is 11.1. The summed E-state index contributed by atoms with van der Waals surface area (Å²) in [4.78, 5) is 27.5. The molecule has 0 N–H and O–H groups in total. The zero-order valence-corrected chi connectivity index (χ0v) is 10.9. The third-order valence-corrected chi connectivity index (χ3v) is 3.49. The van der Waals surface area contributed by atoms with E-state index in [1.165, 1.54) is 6.92 Å². The molecule has 0 saturated carbocycles. The lowest BCUT2D eigenvalue weighted by Gasteiger charge is -2.20. The second kappa shape index (κ2) is 7.14. The van der Waals surface area contributed by atoms with E-state index in [4.69, 9.17) is 10.1 Å². The van der Waals surface area contributed by atoms with Crippen molar-refractivity contribution >= 4 is 22.8 Å². The van der Waals surface area contributed by atoms with Gasteiger partial charge in [0.15, 0.2) is 5.12 Å². The molecule has 1 heterocycles. The van der Waals surface area contributed by atoms with Crippen molar-refractivity contribution in [3.63, 3.8) is 0 Å². The van der Waals surface area contributed by atoms with Gasteiger partial charge < -0.3 is 0 Å². The van der Waals surface area contributed by atoms with Crippen molar-refractivity contribution in [3.8, 4) is 6.07 Å². The Hall–Kier alpha value is -1.38. The molecule has 0 radical (unpaired) electrons. The minimum absolute atomic E-state index is 0.0750. The van der Waals surface area contributed by atoms with Gasteiger partial charge in [-0.2, -0.15) is 10.3 Å². The highest BCUT2D eigenvalue weighted by atomic mass is 32.2. The van der Waals surface area contributed by atoms with Gasteiger partial charge in [0.05, 0.1) is 30.4 Å². The van der Waals surface area contributed by atoms with Gasteiger partial charge in [-0.25, -0.2) is 4.79 Å². The van der Waals surface area contributed by atoms with Crippen LogP contribution in [0.5, 0.6) is 0 Å². The molecule has 1 rings (SSSR count). The van der Waals surface area contributed by atoms with E-state index in [-0.39, 0.29) is 16.8 Å². The second-order valence-electron chi connectivity index (χ2n) is 3.72. The van der Waals surface area contributed by atoms with Crippen LogP contribution in [0.2, 0.25) is 0 Å². The van der Waals surface area contributed by atoms with E-state index in [2.05, 4.69) is 6.58 Å². The lowest BCUT2D eigenvalue weighted by atomic mass is 10.1. The molecule has 0 spiro atoms. The van der Waals surface area contributed by atoms with Crippen molar-refractivity contribution in [2.24, 2.45) is 0 Å². The zero-order chi connectivity index (χ0) is 13.5. The Morgan fingerprint density at radius 1 is 1.78 bits per heavy atom. The van der Waals surface area contributed by atoms with E-state index in [1.807, 2.05) is 12.0 Å². The van der Waals surface area contributed by atoms with Crippen LogP contribution in [0.1, 0.15) is 13.3 Å². The monoisotopic (exact) mass is 266 g/mol. The third kappa shape index (κ3) is 3.56. The number of nitriles is 1. The standard InChI is InChI=1S/C12H14N2O3S/c1-3-6-17-14-7-12(18-9(2)16)10(8-15)11(14)4-5-13/h3,11-12H,1,4,6-7H2,2H3/t11-,12-/m1/s1. The summed E-state index contributed by atoms with van der Waals surface area (Å²) in [6.07, 6.45) is 1.72. The number of nitrogens with zero attached hydrogens (tertiary/aromatic N) is 2. The van der Waals surface area contributed by atoms with Crippen LogP contribution in [0.25, 0.3) is 0 Å². The largest absolute Gasteiger partial charge is 0.294 e. The Kier molecular flexibility index (Phi) is 5.83. The predicted octanol–water partition coefficient (Wildman–Crippen LogP) is 1.11. The van der Waals surface area contributed by atoms with Crippen LogP contribution in [0, 0.1) is 11.3 Å². The van der Waals surface area contributed by atoms with Gasteiger partial charge in [-0.3, -0.25) is 9.63 Å². The minimum atomic E-state index is -0.427. The first kappa shape index (κ1) is 14.7. The molecule has 1 aliphatic heterocycles. The van der Waals surface area contributed by atoms with Gasteiger partial charge in [0, 0.05) is 19.0 Å². The van der Waals surface area contributed by atoms with Gasteiger partial charge in [0.1, 0.15) is 5.94 Å². The molecule has 1 saturated heterocycles. The van der Waals surface area contributed by atoms with Gasteiger partial charge in [0.25, 0.3) is 0 Å². The zero-order valence-electron chi connectivity index (χ0n) is 10.1. The lowest BCUT2D eigenvalue weighted by Crippen LogP contribution is -2.30. The molecule has 0 bridgehead atoms. The Balaban J connectivity index is 2.86. The van der Waals surface area contributed by atoms with Crippen LogP contribution in [0.4, 0.5) is 0 Å². The molecule has 1 aliphatic rings. The summed E-state index contributed by atoms with van der Waals surface area (Å²) >= 11 is 1.07. The van der Waals surface area contributed by atoms with Gasteiger partial charge in [-0.05, 0) is 0 Å². The van der Waals surface area contributed by atoms with Crippen molar-refractivity contribution in [2.75, 3.05) is 13.2 Å². The topological polar surface area (TPSA) is 70.4 Å². The Labute approximate surface area is 110 Å². The van der Waals surface area contributed by atoms with Crippen LogP contribution in [0.15, 0.2) is 18.2 Å². The fourth-order valence-electron chi connectivity index (χ4n) is 1.78. The normalized spacial score (nSPS) is 23.4. The molecule has 0 amide bonds. The molecule has 2 atom stereocenters. The van der Waals surface area contributed by atoms with Crippen molar-refractivity contribution in [1.82, 2.24) is 5.06 Å². The average Bonchev–Trinajstić information content (AvgIpc) is 2.63. The van der Waals surface area contributed by atoms with Crippen molar-refractivity contribution in [3.05, 3.63) is 18.2 Å². The lowest BCUT2D eigenvalue weighted by molar-refractivity contribution is -0.152. The molecule has 0 unspecified atom stereocenters. The Morgan fingerprint density at radius 3 is 3.00 bits per heavy atom. The first-order valence-corrected chi connectivity index (χ1v) is 6.31. The first-order valence-electron chi connectivity index (χ1n) is 5.43. The molecule has 5 nitrogen and oxygen atoms in total. The van der Waals surface area contributed by atoms with Gasteiger partial charge in [-0.1, -0.05) is 17.8 Å². The number of carbonyl (C=O) groups is 1. The van der Waals surface area contributed by atoms with E-state index in [0.29, 0.717) is 18.7 Å². The van der Waals surface area contributed by atoms with Crippen LogP contribution in [0.3, 0.4) is 0 Å². The number of hydroxylamine groups is 2. The minimum Gasteiger partial charge on any atom is -0.294 e. The van der Waals surface area contributed by atoms with Crippen LogP contribution in [-0.4, -0.2) is 40.6 Å². The van der Waals surface area contributed by atoms with Crippen molar-refractivity contribution in [2.45, 2.75) is 24.6 Å². The van der Waals surface area contributed by atoms with E-state index in [9.17, 15) is 9.59 Å². The van der Waals surface area contributed by atoms with Gasteiger partial charge in [0.2, 0.25) is 0 Å². The molecular weight excluding hydrogens is 252 g/mol. The number of rotatable bonds is 5. The highest BCUT2D eigenvalue weighted by molar-refractivity contribution is 8.14. The summed E-state index contributed by atoms with van der Waals surface area (Å²) in [5.41, 5.74) is 0.417. The van der Waals surface area contributed by atoms with Gasteiger partial charge in [-0.15, -0.1) is 6.58 Å². The smallest absolute Gasteiger partial charge is 0.186 e. The predicted molar refractivity (Wildman–Crippen MR) is 68.1 cm³/mol. The van der Waals surface area contributed by atoms with Crippen LogP contribution in [-0.2, 0) is 14.4 Å². The molecule has 0 aromatic heterocycles. The first-order chi connectivity index (χ1) is 8.63. The van der Waals surface area contributed by atoms with Crippen LogP contribution >= 0.6 is 11.8 Å². The molecule has 6 heteroatoms. The highest BCUT2D eigenvalue weighted by Gasteiger charge is 2.39. The van der Waals surface area contributed by atoms with Crippen molar-refractivity contribution in [1.29, 1.82) is 5.26 Å². The number of hydrogen-bond donors (Lipinski definition) is 0. The summed E-state index contributed by atoms with van der Waals surface area (Å²) in [5, 5.41) is 9.98. The fourth-order valence-corrected chi connectivity index (χ4v) is 2.74. The quantitative estimate of drug-likeness (QED) is 0.548. The molecule has 96 valence electrons. The van der Waals surface area contributed by atoms with E-state index >= 15 is 0 Å². The molecule has 0 aromatic carbocycles. The highest BCUT2D eigenvalue weighted by Crippen LogP contribution is 2.33. The van der Waals surface area contributed by atoms with E-state index in [1.54, 1.807) is 11.1 Å². The molecule has 18 heavy (non-hydrogen) atoms. The summed E-state index contributed by atoms with van der Waals surface area (Å²) in [6, 6.07) is 1.59.